The second kappa shape index (κ2) is 4.18. The summed E-state index contributed by atoms with van der Waals surface area (Å²) in [6, 6.07) is 4.20. The fourth-order valence-corrected chi connectivity index (χ4v) is 3.25. The Morgan fingerprint density at radius 1 is 1.22 bits per heavy atom. The molecule has 2 N–H and O–H groups in total. The van der Waals surface area contributed by atoms with Crippen LogP contribution in [0.4, 0.5) is 5.69 Å². The maximum Gasteiger partial charge on any atom is 0.119 e. The zero-order chi connectivity index (χ0) is 12.7. The average molecular weight is 257 g/mol. The van der Waals surface area contributed by atoms with E-state index in [0.29, 0.717) is 0 Å². The van der Waals surface area contributed by atoms with Crippen LogP contribution >= 0.6 is 11.3 Å². The Morgan fingerprint density at radius 2 is 2.06 bits per heavy atom. The van der Waals surface area contributed by atoms with Gasteiger partial charge in [0.15, 0.2) is 0 Å². The third-order valence-corrected chi connectivity index (χ3v) is 4.23. The minimum atomic E-state index is 0.861. The Kier molecular flexibility index (Phi) is 2.63. The van der Waals surface area contributed by atoms with Gasteiger partial charge in [-0.2, -0.15) is 0 Å². The zero-order valence-electron chi connectivity index (χ0n) is 10.5. The molecule has 1 aliphatic carbocycles. The predicted octanol–water partition coefficient (Wildman–Crippen LogP) is 3.64. The van der Waals surface area contributed by atoms with Crippen LogP contribution in [0, 0.1) is 6.92 Å². The van der Waals surface area contributed by atoms with Gasteiger partial charge in [0.25, 0.3) is 0 Å². The molecule has 0 saturated heterocycles. The number of ether oxygens (including phenoxy) is 1. The second-order valence-electron chi connectivity index (χ2n) is 4.53. The van der Waals surface area contributed by atoms with Crippen LogP contribution in [0.5, 0.6) is 5.75 Å². The molecule has 3 heteroatoms. The number of benzene rings is 1. The normalized spacial score (nSPS) is 13.3. The van der Waals surface area contributed by atoms with Crippen molar-refractivity contribution in [1.82, 2.24) is 0 Å². The molecule has 1 aliphatic rings. The Balaban J connectivity index is 2.16. The van der Waals surface area contributed by atoms with E-state index in [1.807, 2.05) is 5.38 Å². The van der Waals surface area contributed by atoms with E-state index in [-0.39, 0.29) is 0 Å². The van der Waals surface area contributed by atoms with E-state index in [9.17, 15) is 0 Å². The summed E-state index contributed by atoms with van der Waals surface area (Å²) in [5, 5.41) is 4.10. The van der Waals surface area contributed by atoms with Crippen LogP contribution in [-0.2, 0) is 6.42 Å². The van der Waals surface area contributed by atoms with E-state index < -0.39 is 0 Å². The van der Waals surface area contributed by atoms with Gasteiger partial charge in [0.05, 0.1) is 12.8 Å². The summed E-state index contributed by atoms with van der Waals surface area (Å²) in [5.41, 5.74) is 13.2. The summed E-state index contributed by atoms with van der Waals surface area (Å²) < 4.78 is 5.36. The smallest absolute Gasteiger partial charge is 0.119 e. The number of thiophene rings is 1. The molecule has 1 aromatic carbocycles. The summed E-state index contributed by atoms with van der Waals surface area (Å²) in [6.07, 6.45) is 3.24. The third kappa shape index (κ3) is 1.63. The number of nitrogens with two attached hydrogens (primary N) is 1. The van der Waals surface area contributed by atoms with Crippen molar-refractivity contribution in [1.29, 1.82) is 0 Å². The molecule has 0 saturated carbocycles. The van der Waals surface area contributed by atoms with Gasteiger partial charge in [-0.3, -0.25) is 0 Å². The number of rotatable bonds is 2. The van der Waals surface area contributed by atoms with Crippen molar-refractivity contribution in [3.8, 4) is 5.75 Å². The van der Waals surface area contributed by atoms with Crippen LogP contribution < -0.4 is 10.5 Å². The van der Waals surface area contributed by atoms with Crippen molar-refractivity contribution >= 4 is 22.6 Å². The molecule has 1 heterocycles. The molecule has 0 atom stereocenters. The molecule has 0 spiro atoms. The van der Waals surface area contributed by atoms with Gasteiger partial charge in [-0.1, -0.05) is 6.08 Å². The Morgan fingerprint density at radius 3 is 2.72 bits per heavy atom. The number of hydrogen-bond donors (Lipinski definition) is 1. The van der Waals surface area contributed by atoms with Gasteiger partial charge in [-0.25, -0.2) is 0 Å². The van der Waals surface area contributed by atoms with Crippen LogP contribution in [0.1, 0.15) is 22.3 Å². The van der Waals surface area contributed by atoms with Gasteiger partial charge in [0, 0.05) is 16.3 Å². The van der Waals surface area contributed by atoms with Gasteiger partial charge < -0.3 is 10.5 Å². The topological polar surface area (TPSA) is 35.2 Å². The molecule has 0 unspecified atom stereocenters. The Bertz CT molecular complexity index is 640. The number of hydrogen-bond acceptors (Lipinski definition) is 3. The van der Waals surface area contributed by atoms with E-state index in [2.05, 4.69) is 30.5 Å². The fraction of sp³-hybridized carbons (Fsp3) is 0.200. The Labute approximate surface area is 111 Å². The maximum atomic E-state index is 6.02. The molecular formula is C15H15NOS. The monoisotopic (exact) mass is 257 g/mol. The minimum Gasteiger partial charge on any atom is -0.497 e. The third-order valence-electron chi connectivity index (χ3n) is 3.46. The van der Waals surface area contributed by atoms with Crippen molar-refractivity contribution in [2.45, 2.75) is 13.3 Å². The highest BCUT2D eigenvalue weighted by molar-refractivity contribution is 7.08. The number of methoxy groups -OCH3 is 1. The largest absolute Gasteiger partial charge is 0.497 e. The average Bonchev–Trinajstić information content (AvgIpc) is 2.95. The highest BCUT2D eigenvalue weighted by Gasteiger charge is 2.20. The lowest BCUT2D eigenvalue weighted by Crippen LogP contribution is -1.94. The summed E-state index contributed by atoms with van der Waals surface area (Å²) in [7, 11) is 1.71. The molecule has 2 aromatic rings. The van der Waals surface area contributed by atoms with Crippen LogP contribution in [-0.4, -0.2) is 7.11 Å². The van der Waals surface area contributed by atoms with Crippen molar-refractivity contribution in [3.05, 3.63) is 51.2 Å². The molecule has 18 heavy (non-hydrogen) atoms. The highest BCUT2D eigenvalue weighted by Crippen LogP contribution is 2.39. The first-order valence-electron chi connectivity index (χ1n) is 5.90. The molecule has 0 radical (unpaired) electrons. The number of nitrogen functional groups attached to an aromatic ring is 1. The van der Waals surface area contributed by atoms with Crippen LogP contribution in [0.2, 0.25) is 0 Å². The van der Waals surface area contributed by atoms with E-state index in [1.54, 1.807) is 18.4 Å². The minimum absolute atomic E-state index is 0.861. The number of anilines is 1. The zero-order valence-corrected chi connectivity index (χ0v) is 11.3. The molecular weight excluding hydrogens is 242 g/mol. The first kappa shape index (κ1) is 11.4. The van der Waals surface area contributed by atoms with Gasteiger partial charge in [0.2, 0.25) is 0 Å². The van der Waals surface area contributed by atoms with E-state index in [0.717, 1.165) is 23.4 Å². The van der Waals surface area contributed by atoms with E-state index in [4.69, 9.17) is 10.5 Å². The molecule has 1 aromatic heterocycles. The van der Waals surface area contributed by atoms with Crippen molar-refractivity contribution in [2.24, 2.45) is 0 Å². The predicted molar refractivity (Wildman–Crippen MR) is 77.2 cm³/mol. The number of fused-ring (bicyclic) bond motifs is 1. The van der Waals surface area contributed by atoms with E-state index >= 15 is 0 Å². The SMILES string of the molecule is COc1cc(C)c2c(c1)C(c1cscc1N)=CC2. The summed E-state index contributed by atoms with van der Waals surface area (Å²) in [6.45, 7) is 2.13. The first-order chi connectivity index (χ1) is 8.70. The van der Waals surface area contributed by atoms with E-state index in [1.165, 1.54) is 22.3 Å². The number of allylic oxidation sites excluding steroid dienone is 1. The standard InChI is InChI=1S/C15H15NOS/c1-9-5-10(17-2)6-13-11(9)3-4-12(13)14-7-18-8-15(14)16/h4-8H,3,16H2,1-2H3. The quantitative estimate of drug-likeness (QED) is 0.891. The van der Waals surface area contributed by atoms with Gasteiger partial charge in [0.1, 0.15) is 5.75 Å². The maximum absolute atomic E-state index is 6.02. The van der Waals surface area contributed by atoms with Crippen molar-refractivity contribution in [2.75, 3.05) is 12.8 Å². The number of aryl methyl sites for hydroxylation is 1. The van der Waals surface area contributed by atoms with Gasteiger partial charge >= 0.3 is 0 Å². The highest BCUT2D eigenvalue weighted by atomic mass is 32.1. The molecule has 3 rings (SSSR count). The summed E-state index contributed by atoms with van der Waals surface area (Å²) in [5.74, 6) is 0.910. The molecule has 92 valence electrons. The van der Waals surface area contributed by atoms with Crippen LogP contribution in [0.15, 0.2) is 29.0 Å². The molecule has 0 fully saturated rings. The van der Waals surface area contributed by atoms with Gasteiger partial charge in [-0.15, -0.1) is 11.3 Å². The Hall–Kier alpha value is -1.74. The fourth-order valence-electron chi connectivity index (χ4n) is 2.51. The van der Waals surface area contributed by atoms with Crippen LogP contribution in [0.25, 0.3) is 5.57 Å². The lowest BCUT2D eigenvalue weighted by atomic mass is 9.97. The molecule has 2 nitrogen and oxygen atoms in total. The summed E-state index contributed by atoms with van der Waals surface area (Å²) >= 11 is 1.64. The molecule has 0 amide bonds. The first-order valence-corrected chi connectivity index (χ1v) is 6.85. The van der Waals surface area contributed by atoms with Gasteiger partial charge in [-0.05, 0) is 47.7 Å². The lowest BCUT2D eigenvalue weighted by molar-refractivity contribution is 0.414. The van der Waals surface area contributed by atoms with Crippen LogP contribution in [0.3, 0.4) is 0 Å². The van der Waals surface area contributed by atoms with Crippen molar-refractivity contribution < 1.29 is 4.74 Å². The summed E-state index contributed by atoms with van der Waals surface area (Å²) in [4.78, 5) is 0. The lowest BCUT2D eigenvalue weighted by Gasteiger charge is -2.11. The second-order valence-corrected chi connectivity index (χ2v) is 5.28. The van der Waals surface area contributed by atoms with Crippen molar-refractivity contribution in [3.63, 3.8) is 0 Å². The molecule has 0 bridgehead atoms. The molecule has 0 aliphatic heterocycles.